The van der Waals surface area contributed by atoms with Crippen molar-refractivity contribution in [3.05, 3.63) is 124 Å². The topological polar surface area (TPSA) is 332 Å². The largest absolute Gasteiger partial charge is 0.492 e. The summed E-state index contributed by atoms with van der Waals surface area (Å²) in [5.74, 6) is -2.30. The van der Waals surface area contributed by atoms with E-state index in [0.29, 0.717) is 75.5 Å². The van der Waals surface area contributed by atoms with Crippen LogP contribution in [0.4, 0.5) is 31.4 Å². The average Bonchev–Trinajstić information content (AvgIpc) is 1.57. The summed E-state index contributed by atoms with van der Waals surface area (Å²) in [5, 5.41) is 18.2. The molecule has 0 radical (unpaired) electrons. The van der Waals surface area contributed by atoms with Gasteiger partial charge in [-0.3, -0.25) is 43.4 Å². The number of nitrogens with two attached hydrogens (primary N) is 1. The van der Waals surface area contributed by atoms with Crippen molar-refractivity contribution in [3.8, 4) is 11.5 Å². The SMILES string of the molecule is Cc1csc2c(OC(=O)N(C)CCN(C)C(=O)OCc3ccc(NC(=O)[C@H](CCCNC(N)=O)NC(=O)C(NC(=O)CCCCCN4C(=O)C=CC4=O)C(C)C)cc3)cc3c(c12)[C@@H](CCl)CN3C(=O)c1cc2cc(NC(=O)c3cc4cc(OCCN5CCCC5)ccc4[nH]3)ccc2[nH]1. The van der Waals surface area contributed by atoms with Gasteiger partial charge in [0.1, 0.15) is 42.4 Å². The number of fused-ring (bicyclic) bond motifs is 5. The molecule has 9 N–H and O–H groups in total. The van der Waals surface area contributed by atoms with Gasteiger partial charge in [-0.2, -0.15) is 0 Å². The number of aromatic amines is 2. The summed E-state index contributed by atoms with van der Waals surface area (Å²) in [4.78, 5) is 145. The van der Waals surface area contributed by atoms with Gasteiger partial charge in [-0.15, -0.1) is 22.9 Å². The molecule has 1 fully saturated rings. The van der Waals surface area contributed by atoms with Crippen molar-refractivity contribution >= 4 is 131 Å². The van der Waals surface area contributed by atoms with E-state index in [-0.39, 0.29) is 112 Å². The summed E-state index contributed by atoms with van der Waals surface area (Å²) in [6.45, 7) is 9.78. The molecule has 3 aliphatic rings. The van der Waals surface area contributed by atoms with Crippen molar-refractivity contribution in [3.63, 3.8) is 0 Å². The first-order chi connectivity index (χ1) is 47.1. The van der Waals surface area contributed by atoms with Crippen LogP contribution >= 0.6 is 22.9 Å². The second-order valence-electron chi connectivity index (χ2n) is 25.2. The number of likely N-dealkylation sites (N-methyl/N-ethyl adjacent to an activating group) is 2. The number of unbranched alkanes of at least 4 members (excludes halogenated alkanes) is 2. The highest BCUT2D eigenvalue weighted by atomic mass is 35.5. The molecule has 6 heterocycles. The number of carbonyl (C=O) groups is 10. The Labute approximate surface area is 575 Å². The number of aromatic nitrogens is 2. The fourth-order valence-corrected chi connectivity index (χ4v) is 13.4. The van der Waals surface area contributed by atoms with Gasteiger partial charge in [0.05, 0.1) is 10.4 Å². The Kier molecular flexibility index (Phi) is 23.4. The van der Waals surface area contributed by atoms with E-state index in [1.165, 1.54) is 53.2 Å². The predicted octanol–water partition coefficient (Wildman–Crippen LogP) is 9.08. The van der Waals surface area contributed by atoms with Gasteiger partial charge in [0.15, 0.2) is 5.75 Å². The molecule has 0 spiro atoms. The Balaban J connectivity index is 0.700. The van der Waals surface area contributed by atoms with Crippen molar-refractivity contribution in [1.82, 2.24) is 45.5 Å². The number of primary amides is 1. The van der Waals surface area contributed by atoms with Crippen molar-refractivity contribution in [2.75, 3.05) is 94.5 Å². The van der Waals surface area contributed by atoms with E-state index in [9.17, 15) is 47.9 Å². The van der Waals surface area contributed by atoms with E-state index < -0.39 is 42.1 Å². The summed E-state index contributed by atoms with van der Waals surface area (Å²) in [6.07, 6.45) is 5.51. The van der Waals surface area contributed by atoms with Crippen LogP contribution in [0.3, 0.4) is 0 Å². The number of thiophene rings is 1. The van der Waals surface area contributed by atoms with Crippen molar-refractivity contribution in [2.24, 2.45) is 11.7 Å². The van der Waals surface area contributed by atoms with Crippen LogP contribution in [-0.4, -0.2) is 180 Å². The Morgan fingerprint density at radius 1 is 0.765 bits per heavy atom. The van der Waals surface area contributed by atoms with Crippen molar-refractivity contribution in [1.29, 1.82) is 0 Å². The van der Waals surface area contributed by atoms with Gasteiger partial charge in [-0.1, -0.05) is 32.4 Å². The summed E-state index contributed by atoms with van der Waals surface area (Å²) < 4.78 is 18.5. The van der Waals surface area contributed by atoms with Gasteiger partial charge in [0.2, 0.25) is 17.7 Å². The molecule has 4 aromatic carbocycles. The fraction of sp³-hybridized carbons (Fsp3) is 0.400. The molecule has 518 valence electrons. The third kappa shape index (κ3) is 17.6. The lowest BCUT2D eigenvalue weighted by Crippen LogP contribution is -2.54. The van der Waals surface area contributed by atoms with Crippen molar-refractivity contribution in [2.45, 2.75) is 96.7 Å². The summed E-state index contributed by atoms with van der Waals surface area (Å²) in [7, 11) is 3.07. The molecule has 3 aromatic heterocycles. The number of likely N-dealkylation sites (tertiary alicyclic amines) is 1. The second-order valence-corrected chi connectivity index (χ2v) is 26.4. The van der Waals surface area contributed by atoms with Gasteiger partial charge in [0, 0.05) is 128 Å². The van der Waals surface area contributed by atoms with Crippen LogP contribution in [0.2, 0.25) is 0 Å². The van der Waals surface area contributed by atoms with Crippen LogP contribution in [0.25, 0.3) is 31.9 Å². The van der Waals surface area contributed by atoms with Gasteiger partial charge in [0.25, 0.3) is 23.6 Å². The zero-order valence-electron chi connectivity index (χ0n) is 55.4. The standard InChI is InChI=1S/C70H82ClN13O13S/c1-41(2)62(79-57(85)13-7-6-8-27-83-58(86)22-23-59(83)87)66(90)78-52(12-11-24-73-68(72)92)64(88)74-47-16-14-43(15-17-47)39-96-69(93)80(4)28-29-81(5)70(94)97-56-36-55-61(60-42(3)40-98-63(56)60)46(37-71)38-84(55)67(91)54-35-44-32-48(18-20-50(44)77-54)75-65(89)53-34-45-33-49(19-21-51(45)76-53)95-31-30-82-25-9-10-26-82/h14-23,32-36,40-41,46,52,62,76-77H,6-13,24-31,37-39H2,1-5H3,(H,74,88)(H,75,89)(H,78,90)(H,79,85)(H3,72,73,92)/t46-,52-,62?/m0/s1. The van der Waals surface area contributed by atoms with Crippen LogP contribution in [-0.2, 0) is 35.3 Å². The number of aryl methyl sites for hydroxylation is 1. The van der Waals surface area contributed by atoms with E-state index in [1.54, 1.807) is 86.5 Å². The summed E-state index contributed by atoms with van der Waals surface area (Å²) in [5.41, 5.74) is 11.3. The van der Waals surface area contributed by atoms with Gasteiger partial charge < -0.3 is 71.2 Å². The molecular formula is C70H82ClN13O13S. The zero-order valence-corrected chi connectivity index (χ0v) is 57.0. The van der Waals surface area contributed by atoms with Crippen LogP contribution < -0.4 is 46.7 Å². The number of urea groups is 1. The van der Waals surface area contributed by atoms with Gasteiger partial charge in [-0.05, 0) is 147 Å². The number of benzene rings is 4. The second kappa shape index (κ2) is 32.4. The van der Waals surface area contributed by atoms with Gasteiger partial charge >= 0.3 is 18.2 Å². The number of amides is 11. The first kappa shape index (κ1) is 70.8. The molecule has 0 aliphatic carbocycles. The number of H-pyrrole nitrogens is 2. The lowest BCUT2D eigenvalue weighted by Gasteiger charge is -2.25. The maximum absolute atomic E-state index is 14.7. The lowest BCUT2D eigenvalue weighted by molar-refractivity contribution is -0.137. The number of imide groups is 1. The van der Waals surface area contributed by atoms with E-state index in [2.05, 4.69) is 41.5 Å². The minimum atomic E-state index is -1.09. The number of nitrogens with one attached hydrogen (secondary N) is 7. The first-order valence-corrected chi connectivity index (χ1v) is 34.2. The van der Waals surface area contributed by atoms with Crippen LogP contribution in [0.15, 0.2) is 96.4 Å². The molecule has 10 rings (SSSR count). The van der Waals surface area contributed by atoms with Crippen LogP contribution in [0.1, 0.15) is 109 Å². The summed E-state index contributed by atoms with van der Waals surface area (Å²) in [6, 6.07) is 20.0. The number of rotatable bonds is 30. The van der Waals surface area contributed by atoms with Crippen molar-refractivity contribution < 1.29 is 62.2 Å². The number of hydrogen-bond donors (Lipinski definition) is 8. The number of carbonyl (C=O) groups excluding carboxylic acids is 10. The fourth-order valence-electron chi connectivity index (χ4n) is 12.1. The van der Waals surface area contributed by atoms with E-state index in [1.807, 2.05) is 30.5 Å². The first-order valence-electron chi connectivity index (χ1n) is 32.8. The lowest BCUT2D eigenvalue weighted by atomic mass is 9.97. The van der Waals surface area contributed by atoms with Gasteiger partial charge in [-0.25, -0.2) is 14.4 Å². The maximum Gasteiger partial charge on any atom is 0.415 e. The Morgan fingerprint density at radius 3 is 2.16 bits per heavy atom. The normalized spacial score (nSPS) is 15.0. The minimum Gasteiger partial charge on any atom is -0.492 e. The molecule has 28 heteroatoms. The number of hydrogen-bond acceptors (Lipinski definition) is 15. The smallest absolute Gasteiger partial charge is 0.415 e. The average molecular weight is 1380 g/mol. The van der Waals surface area contributed by atoms with E-state index >= 15 is 0 Å². The van der Waals surface area contributed by atoms with Crippen LogP contribution in [0, 0.1) is 12.8 Å². The molecule has 3 atom stereocenters. The minimum absolute atomic E-state index is 0.0600. The number of alkyl halides is 1. The molecule has 7 aromatic rings. The Morgan fingerprint density at radius 2 is 1.45 bits per heavy atom. The highest BCUT2D eigenvalue weighted by molar-refractivity contribution is 7.17. The predicted molar refractivity (Wildman–Crippen MR) is 374 cm³/mol. The molecule has 3 aliphatic heterocycles. The highest BCUT2D eigenvalue weighted by Gasteiger charge is 2.38. The monoisotopic (exact) mass is 1380 g/mol. The summed E-state index contributed by atoms with van der Waals surface area (Å²) >= 11 is 8.06. The third-order valence-corrected chi connectivity index (χ3v) is 19.1. The zero-order chi connectivity index (χ0) is 69.7. The Bertz CT molecular complexity index is 4160. The third-order valence-electron chi connectivity index (χ3n) is 17.6. The highest BCUT2D eigenvalue weighted by Crippen LogP contribution is 2.49. The molecule has 98 heavy (non-hydrogen) atoms. The Hall–Kier alpha value is -9.99. The number of anilines is 3. The molecule has 11 amide bonds. The molecule has 1 saturated heterocycles. The number of halogens is 1. The van der Waals surface area contributed by atoms with E-state index in [0.717, 1.165) is 57.7 Å². The quantitative estimate of drug-likeness (QED) is 0.0118. The van der Waals surface area contributed by atoms with E-state index in [4.69, 9.17) is 31.5 Å². The number of ether oxygens (including phenoxy) is 3. The van der Waals surface area contributed by atoms with Crippen LogP contribution in [0.5, 0.6) is 11.5 Å². The molecule has 26 nitrogen and oxygen atoms in total. The molecule has 0 saturated carbocycles. The number of nitrogens with zero attached hydrogens (tertiary/aromatic N) is 5. The maximum atomic E-state index is 14.7. The molecular weight excluding hydrogens is 1300 g/mol. The molecule has 1 unspecified atom stereocenters. The molecule has 0 bridgehead atoms.